The zero-order chi connectivity index (χ0) is 14.9. The van der Waals surface area contributed by atoms with Gasteiger partial charge in [0, 0.05) is 11.6 Å². The molecule has 0 radical (unpaired) electrons. The van der Waals surface area contributed by atoms with Gasteiger partial charge in [-0.15, -0.1) is 0 Å². The molecule has 1 amide bonds. The Hall–Kier alpha value is -1.76. The highest BCUT2D eigenvalue weighted by Crippen LogP contribution is 2.35. The Morgan fingerprint density at radius 3 is 2.50 bits per heavy atom. The molecule has 110 valence electrons. The minimum Gasteiger partial charge on any atom is -0.349 e. The van der Waals surface area contributed by atoms with Crippen LogP contribution in [0.25, 0.3) is 0 Å². The van der Waals surface area contributed by atoms with Crippen molar-refractivity contribution >= 4 is 11.6 Å². The summed E-state index contributed by atoms with van der Waals surface area (Å²) in [6.45, 7) is 2.06. The lowest BCUT2D eigenvalue weighted by molar-refractivity contribution is -0.137. The van der Waals surface area contributed by atoms with Crippen LogP contribution in [0.3, 0.4) is 0 Å². The summed E-state index contributed by atoms with van der Waals surface area (Å²) in [6, 6.07) is 3.34. The summed E-state index contributed by atoms with van der Waals surface area (Å²) in [4.78, 5) is 11.9. The van der Waals surface area contributed by atoms with Gasteiger partial charge in [0.05, 0.1) is 11.3 Å². The van der Waals surface area contributed by atoms with E-state index >= 15 is 0 Å². The van der Waals surface area contributed by atoms with E-state index in [1.807, 2.05) is 5.43 Å². The van der Waals surface area contributed by atoms with Crippen LogP contribution in [0.5, 0.6) is 0 Å². The molecule has 2 rings (SSSR count). The SMILES string of the molecule is CC1CC(NC(=O)c2ccc(NN)c(C(F)(F)F)c2)C1. The summed E-state index contributed by atoms with van der Waals surface area (Å²) in [5.74, 6) is 5.11. The van der Waals surface area contributed by atoms with E-state index in [0.29, 0.717) is 5.92 Å². The number of nitrogens with one attached hydrogen (secondary N) is 2. The third-order valence-electron chi connectivity index (χ3n) is 3.45. The highest BCUT2D eigenvalue weighted by atomic mass is 19.4. The number of hydrazine groups is 1. The van der Waals surface area contributed by atoms with Gasteiger partial charge in [-0.25, -0.2) is 0 Å². The standard InChI is InChI=1S/C13H16F3N3O/c1-7-4-9(5-7)18-12(20)8-2-3-11(19-17)10(6-8)13(14,15)16/h2-3,6-7,9,19H,4-5,17H2,1H3,(H,18,20). The maximum Gasteiger partial charge on any atom is 0.418 e. The number of carbonyl (C=O) groups is 1. The number of hydrogen-bond acceptors (Lipinski definition) is 3. The third-order valence-corrected chi connectivity index (χ3v) is 3.45. The van der Waals surface area contributed by atoms with Crippen LogP contribution in [-0.2, 0) is 6.18 Å². The lowest BCUT2D eigenvalue weighted by atomic mass is 9.82. The molecule has 0 unspecified atom stereocenters. The summed E-state index contributed by atoms with van der Waals surface area (Å²) in [7, 11) is 0. The second-order valence-electron chi connectivity index (χ2n) is 5.15. The van der Waals surface area contributed by atoms with E-state index in [1.165, 1.54) is 6.07 Å². The van der Waals surface area contributed by atoms with Gasteiger partial charge in [0.15, 0.2) is 0 Å². The largest absolute Gasteiger partial charge is 0.418 e. The molecule has 20 heavy (non-hydrogen) atoms. The lowest BCUT2D eigenvalue weighted by Crippen LogP contribution is -2.43. The zero-order valence-corrected chi connectivity index (χ0v) is 10.9. The van der Waals surface area contributed by atoms with E-state index in [2.05, 4.69) is 12.2 Å². The van der Waals surface area contributed by atoms with E-state index in [-0.39, 0.29) is 17.3 Å². The first-order valence-corrected chi connectivity index (χ1v) is 6.30. The number of nitrogen functional groups attached to an aromatic ring is 1. The molecule has 1 aliphatic rings. The van der Waals surface area contributed by atoms with Crippen LogP contribution in [0, 0.1) is 5.92 Å². The van der Waals surface area contributed by atoms with E-state index in [4.69, 9.17) is 5.84 Å². The van der Waals surface area contributed by atoms with Crippen molar-refractivity contribution in [2.75, 3.05) is 5.43 Å². The molecule has 0 heterocycles. The normalized spacial score (nSPS) is 22.1. The number of nitrogens with two attached hydrogens (primary N) is 1. The molecule has 1 aromatic rings. The van der Waals surface area contributed by atoms with Crippen molar-refractivity contribution < 1.29 is 18.0 Å². The number of anilines is 1. The van der Waals surface area contributed by atoms with Gasteiger partial charge in [-0.1, -0.05) is 6.92 Å². The Morgan fingerprint density at radius 2 is 2.00 bits per heavy atom. The first-order valence-electron chi connectivity index (χ1n) is 6.30. The van der Waals surface area contributed by atoms with Crippen molar-refractivity contribution in [1.82, 2.24) is 5.32 Å². The van der Waals surface area contributed by atoms with Crippen LogP contribution in [0.15, 0.2) is 18.2 Å². The van der Waals surface area contributed by atoms with Crippen LogP contribution >= 0.6 is 0 Å². The molecule has 1 aromatic carbocycles. The summed E-state index contributed by atoms with van der Waals surface area (Å²) in [5, 5.41) is 2.72. The van der Waals surface area contributed by atoms with Gasteiger partial charge < -0.3 is 10.7 Å². The second kappa shape index (κ2) is 5.32. The fraction of sp³-hybridized carbons (Fsp3) is 0.462. The van der Waals surface area contributed by atoms with Crippen molar-refractivity contribution in [2.24, 2.45) is 11.8 Å². The van der Waals surface area contributed by atoms with Crippen LogP contribution in [-0.4, -0.2) is 11.9 Å². The third kappa shape index (κ3) is 3.04. The summed E-state index contributed by atoms with van der Waals surface area (Å²) < 4.78 is 38.5. The first kappa shape index (κ1) is 14.6. The van der Waals surface area contributed by atoms with Crippen molar-refractivity contribution in [1.29, 1.82) is 0 Å². The molecule has 0 aromatic heterocycles. The maximum absolute atomic E-state index is 12.8. The summed E-state index contributed by atoms with van der Waals surface area (Å²) in [5.41, 5.74) is 0.760. The molecule has 0 bridgehead atoms. The van der Waals surface area contributed by atoms with E-state index < -0.39 is 17.6 Å². The monoisotopic (exact) mass is 287 g/mol. The molecule has 4 N–H and O–H groups in total. The number of amides is 1. The second-order valence-corrected chi connectivity index (χ2v) is 5.15. The summed E-state index contributed by atoms with van der Waals surface area (Å²) >= 11 is 0. The van der Waals surface area contributed by atoms with Crippen LogP contribution in [0.1, 0.15) is 35.7 Å². The van der Waals surface area contributed by atoms with Gasteiger partial charge >= 0.3 is 6.18 Å². The Morgan fingerprint density at radius 1 is 1.35 bits per heavy atom. The fourth-order valence-electron chi connectivity index (χ4n) is 2.33. The number of halogens is 3. The molecule has 0 spiro atoms. The van der Waals surface area contributed by atoms with Crippen molar-refractivity contribution in [3.63, 3.8) is 0 Å². The van der Waals surface area contributed by atoms with Gasteiger partial charge in [-0.3, -0.25) is 10.6 Å². The van der Waals surface area contributed by atoms with Crippen molar-refractivity contribution in [3.8, 4) is 0 Å². The molecule has 0 atom stereocenters. The Balaban J connectivity index is 2.18. The van der Waals surface area contributed by atoms with Gasteiger partial charge in [0.2, 0.25) is 0 Å². The van der Waals surface area contributed by atoms with E-state index in [9.17, 15) is 18.0 Å². The van der Waals surface area contributed by atoms with Gasteiger partial charge in [-0.2, -0.15) is 13.2 Å². The molecule has 1 aliphatic carbocycles. The number of rotatable bonds is 3. The zero-order valence-electron chi connectivity index (χ0n) is 10.9. The molecule has 4 nitrogen and oxygen atoms in total. The molecule has 0 aliphatic heterocycles. The first-order chi connectivity index (χ1) is 9.31. The average Bonchev–Trinajstić information content (AvgIpc) is 2.35. The predicted molar refractivity (Wildman–Crippen MR) is 68.9 cm³/mol. The number of hydrogen-bond donors (Lipinski definition) is 3. The molecular formula is C13H16F3N3O. The van der Waals surface area contributed by atoms with Gasteiger partial charge in [0.1, 0.15) is 0 Å². The maximum atomic E-state index is 12.8. The Kier molecular flexibility index (Phi) is 3.89. The van der Waals surface area contributed by atoms with Crippen LogP contribution in [0.2, 0.25) is 0 Å². The van der Waals surface area contributed by atoms with Crippen LogP contribution in [0.4, 0.5) is 18.9 Å². The highest BCUT2D eigenvalue weighted by molar-refractivity contribution is 5.95. The predicted octanol–water partition coefficient (Wildman–Crippen LogP) is 2.52. The smallest absolute Gasteiger partial charge is 0.349 e. The van der Waals surface area contributed by atoms with E-state index in [1.54, 1.807) is 0 Å². The quantitative estimate of drug-likeness (QED) is 0.591. The van der Waals surface area contributed by atoms with Crippen molar-refractivity contribution in [3.05, 3.63) is 29.3 Å². The number of alkyl halides is 3. The summed E-state index contributed by atoms with van der Waals surface area (Å²) in [6.07, 6.45) is -2.84. The van der Waals surface area contributed by atoms with Crippen LogP contribution < -0.4 is 16.6 Å². The minimum absolute atomic E-state index is 0.0177. The molecule has 1 saturated carbocycles. The molecule has 1 fully saturated rings. The number of benzene rings is 1. The fourth-order valence-corrected chi connectivity index (χ4v) is 2.33. The Bertz CT molecular complexity index is 510. The van der Waals surface area contributed by atoms with E-state index in [0.717, 1.165) is 25.0 Å². The molecular weight excluding hydrogens is 271 g/mol. The molecule has 0 saturated heterocycles. The minimum atomic E-state index is -4.57. The lowest BCUT2D eigenvalue weighted by Gasteiger charge is -2.33. The topological polar surface area (TPSA) is 67.2 Å². The Labute approximate surface area is 114 Å². The van der Waals surface area contributed by atoms with Gasteiger partial charge in [-0.05, 0) is 37.0 Å². The molecule has 7 heteroatoms. The van der Waals surface area contributed by atoms with Gasteiger partial charge in [0.25, 0.3) is 5.91 Å². The highest BCUT2D eigenvalue weighted by Gasteiger charge is 2.34. The average molecular weight is 287 g/mol. The van der Waals surface area contributed by atoms with Crippen molar-refractivity contribution in [2.45, 2.75) is 32.0 Å². The number of carbonyl (C=O) groups excluding carboxylic acids is 1.